The maximum Gasteiger partial charge on any atom is 0.258 e. The molecule has 0 bridgehead atoms. The lowest BCUT2D eigenvalue weighted by Gasteiger charge is -2.06. The summed E-state index contributed by atoms with van der Waals surface area (Å²) in [5.41, 5.74) is 1.06. The first-order chi connectivity index (χ1) is 8.70. The molecule has 1 aromatic heterocycles. The molecule has 0 unspecified atom stereocenters. The van der Waals surface area contributed by atoms with Crippen LogP contribution in [0.25, 0.3) is 0 Å². The molecule has 2 N–H and O–H groups in total. The summed E-state index contributed by atoms with van der Waals surface area (Å²) in [6.45, 7) is -0.0997. The van der Waals surface area contributed by atoms with Crippen molar-refractivity contribution in [2.45, 2.75) is 6.61 Å². The zero-order valence-corrected chi connectivity index (χ0v) is 10.2. The number of pyridine rings is 1. The number of amides is 1. The van der Waals surface area contributed by atoms with Gasteiger partial charge in [-0.3, -0.25) is 4.79 Å². The molecule has 5 heteroatoms. The minimum absolute atomic E-state index is 0.0997. The van der Waals surface area contributed by atoms with Gasteiger partial charge >= 0.3 is 0 Å². The summed E-state index contributed by atoms with van der Waals surface area (Å²) in [5.74, 6) is 0.0506. The zero-order chi connectivity index (χ0) is 13.0. The number of hydrogen-bond donors (Lipinski definition) is 2. The van der Waals surface area contributed by atoms with E-state index in [0.717, 1.165) is 0 Å². The van der Waals surface area contributed by atoms with Crippen LogP contribution in [0.15, 0.2) is 42.6 Å². The zero-order valence-electron chi connectivity index (χ0n) is 9.43. The average molecular weight is 263 g/mol. The van der Waals surface area contributed by atoms with Crippen molar-refractivity contribution in [3.05, 3.63) is 58.7 Å². The number of aliphatic hydroxyl groups excluding tert-OH is 1. The molecule has 0 spiro atoms. The molecule has 2 aromatic rings. The van der Waals surface area contributed by atoms with Crippen molar-refractivity contribution in [2.75, 3.05) is 5.32 Å². The summed E-state index contributed by atoms with van der Waals surface area (Å²) < 4.78 is 0. The van der Waals surface area contributed by atoms with E-state index in [1.807, 2.05) is 0 Å². The molecular formula is C13H11ClN2O2. The summed E-state index contributed by atoms with van der Waals surface area (Å²) in [6, 6.07) is 10.0. The Bertz CT molecular complexity index is 572. The number of carbonyl (C=O) groups is 1. The maximum absolute atomic E-state index is 11.9. The molecule has 18 heavy (non-hydrogen) atoms. The smallest absolute Gasteiger partial charge is 0.258 e. The summed E-state index contributed by atoms with van der Waals surface area (Å²) in [7, 11) is 0. The highest BCUT2D eigenvalue weighted by Crippen LogP contribution is 2.16. The van der Waals surface area contributed by atoms with Crippen molar-refractivity contribution < 1.29 is 9.90 Å². The molecule has 0 atom stereocenters. The van der Waals surface area contributed by atoms with Gasteiger partial charge in [-0.1, -0.05) is 23.7 Å². The summed E-state index contributed by atoms with van der Waals surface area (Å²) >= 11 is 5.92. The Morgan fingerprint density at radius 1 is 1.33 bits per heavy atom. The first kappa shape index (κ1) is 12.5. The van der Waals surface area contributed by atoms with Crippen LogP contribution in [0.4, 0.5) is 5.82 Å². The quantitative estimate of drug-likeness (QED) is 0.893. The minimum atomic E-state index is -0.330. The fourth-order valence-electron chi connectivity index (χ4n) is 1.47. The Morgan fingerprint density at radius 3 is 2.83 bits per heavy atom. The second-order valence-electron chi connectivity index (χ2n) is 3.64. The van der Waals surface area contributed by atoms with Crippen molar-refractivity contribution in [2.24, 2.45) is 0 Å². The normalized spacial score (nSPS) is 10.1. The van der Waals surface area contributed by atoms with Gasteiger partial charge in [-0.05, 0) is 29.8 Å². The lowest BCUT2D eigenvalue weighted by Crippen LogP contribution is -2.13. The van der Waals surface area contributed by atoms with Gasteiger partial charge < -0.3 is 10.4 Å². The third kappa shape index (κ3) is 2.85. The van der Waals surface area contributed by atoms with Crippen molar-refractivity contribution in [3.63, 3.8) is 0 Å². The largest absolute Gasteiger partial charge is 0.392 e. The van der Waals surface area contributed by atoms with E-state index >= 15 is 0 Å². The predicted octanol–water partition coefficient (Wildman–Crippen LogP) is 2.48. The molecule has 1 aromatic carbocycles. The molecule has 92 valence electrons. The van der Waals surface area contributed by atoms with Crippen molar-refractivity contribution in [1.29, 1.82) is 0 Å². The van der Waals surface area contributed by atoms with E-state index in [1.54, 1.807) is 36.4 Å². The van der Waals surface area contributed by atoms with Crippen LogP contribution in [-0.4, -0.2) is 16.0 Å². The number of aromatic nitrogens is 1. The number of hydrogen-bond acceptors (Lipinski definition) is 3. The van der Waals surface area contributed by atoms with Crippen LogP contribution in [0.5, 0.6) is 0 Å². The Labute approximate surface area is 109 Å². The summed E-state index contributed by atoms with van der Waals surface area (Å²) in [4.78, 5) is 15.9. The van der Waals surface area contributed by atoms with Crippen LogP contribution in [0, 0.1) is 0 Å². The number of benzene rings is 1. The number of carbonyl (C=O) groups excluding carboxylic acids is 1. The number of halogens is 1. The monoisotopic (exact) mass is 262 g/mol. The van der Waals surface area contributed by atoms with Crippen LogP contribution in [0.1, 0.15) is 15.9 Å². The molecule has 0 aliphatic carbocycles. The lowest BCUT2D eigenvalue weighted by atomic mass is 10.2. The van der Waals surface area contributed by atoms with E-state index in [2.05, 4.69) is 10.3 Å². The molecule has 1 heterocycles. The van der Waals surface area contributed by atoms with Gasteiger partial charge in [-0.2, -0.15) is 0 Å². The molecule has 2 rings (SSSR count). The number of aliphatic hydroxyl groups is 1. The van der Waals surface area contributed by atoms with Crippen molar-refractivity contribution >= 4 is 23.3 Å². The minimum Gasteiger partial charge on any atom is -0.392 e. The van der Waals surface area contributed by atoms with Crippen LogP contribution < -0.4 is 5.32 Å². The SMILES string of the molecule is O=C(Nc1cc(CO)ccn1)c1ccccc1Cl. The van der Waals surface area contributed by atoms with Crippen LogP contribution >= 0.6 is 11.6 Å². The van der Waals surface area contributed by atoms with Gasteiger partial charge in [0.15, 0.2) is 0 Å². The molecule has 0 radical (unpaired) electrons. The van der Waals surface area contributed by atoms with Crippen LogP contribution in [0.3, 0.4) is 0 Å². The van der Waals surface area contributed by atoms with Gasteiger partial charge in [0.25, 0.3) is 5.91 Å². The molecule has 4 nitrogen and oxygen atoms in total. The summed E-state index contributed by atoms with van der Waals surface area (Å²) in [5, 5.41) is 12.0. The molecular weight excluding hydrogens is 252 g/mol. The second-order valence-corrected chi connectivity index (χ2v) is 4.05. The highest BCUT2D eigenvalue weighted by molar-refractivity contribution is 6.34. The summed E-state index contributed by atoms with van der Waals surface area (Å²) in [6.07, 6.45) is 1.52. The highest BCUT2D eigenvalue weighted by Gasteiger charge is 2.10. The Hall–Kier alpha value is -1.91. The fourth-order valence-corrected chi connectivity index (χ4v) is 1.69. The topological polar surface area (TPSA) is 62.2 Å². The van der Waals surface area contributed by atoms with Gasteiger partial charge in [-0.25, -0.2) is 4.98 Å². The molecule has 0 saturated carbocycles. The second kappa shape index (κ2) is 5.62. The number of nitrogens with zero attached hydrogens (tertiary/aromatic N) is 1. The standard InChI is InChI=1S/C13H11ClN2O2/c14-11-4-2-1-3-10(11)13(18)16-12-7-9(8-17)5-6-15-12/h1-7,17H,8H2,(H,15,16,18). The van der Waals surface area contributed by atoms with E-state index in [9.17, 15) is 4.79 Å². The first-order valence-corrected chi connectivity index (χ1v) is 5.70. The van der Waals surface area contributed by atoms with Gasteiger partial charge in [-0.15, -0.1) is 0 Å². The average Bonchev–Trinajstić information content (AvgIpc) is 2.39. The molecule has 0 aliphatic heterocycles. The van der Waals surface area contributed by atoms with E-state index < -0.39 is 0 Å². The number of nitrogens with one attached hydrogen (secondary N) is 1. The van der Waals surface area contributed by atoms with Crippen LogP contribution in [-0.2, 0) is 6.61 Å². The van der Waals surface area contributed by atoms with Crippen molar-refractivity contribution in [3.8, 4) is 0 Å². The third-order valence-corrected chi connectivity index (χ3v) is 2.70. The van der Waals surface area contributed by atoms with Gasteiger partial charge in [0.1, 0.15) is 5.82 Å². The molecule has 0 aliphatic rings. The van der Waals surface area contributed by atoms with Gasteiger partial charge in [0.05, 0.1) is 17.2 Å². The number of rotatable bonds is 3. The Balaban J connectivity index is 2.19. The molecule has 0 fully saturated rings. The van der Waals surface area contributed by atoms with E-state index in [-0.39, 0.29) is 12.5 Å². The van der Waals surface area contributed by atoms with E-state index in [0.29, 0.717) is 22.0 Å². The van der Waals surface area contributed by atoms with Gasteiger partial charge in [0.2, 0.25) is 0 Å². The first-order valence-electron chi connectivity index (χ1n) is 5.32. The molecule has 0 saturated heterocycles. The lowest BCUT2D eigenvalue weighted by molar-refractivity contribution is 0.102. The highest BCUT2D eigenvalue weighted by atomic mass is 35.5. The van der Waals surface area contributed by atoms with Gasteiger partial charge in [0, 0.05) is 6.20 Å². The third-order valence-electron chi connectivity index (χ3n) is 2.37. The van der Waals surface area contributed by atoms with Crippen molar-refractivity contribution in [1.82, 2.24) is 4.98 Å². The fraction of sp³-hybridized carbons (Fsp3) is 0.0769. The maximum atomic E-state index is 11.9. The number of anilines is 1. The van der Waals surface area contributed by atoms with E-state index in [4.69, 9.17) is 16.7 Å². The molecule has 1 amide bonds. The van der Waals surface area contributed by atoms with Crippen LogP contribution in [0.2, 0.25) is 5.02 Å². The predicted molar refractivity (Wildman–Crippen MR) is 69.6 cm³/mol. The Morgan fingerprint density at radius 2 is 2.11 bits per heavy atom. The van der Waals surface area contributed by atoms with E-state index in [1.165, 1.54) is 6.20 Å². The Kier molecular flexibility index (Phi) is 3.92.